The van der Waals surface area contributed by atoms with Crippen molar-refractivity contribution in [1.29, 1.82) is 0 Å². The van der Waals surface area contributed by atoms with Crippen molar-refractivity contribution in [3.63, 3.8) is 0 Å². The fourth-order valence-corrected chi connectivity index (χ4v) is 3.63. The predicted octanol–water partition coefficient (Wildman–Crippen LogP) is 1.86. The van der Waals surface area contributed by atoms with E-state index in [1.165, 1.54) is 12.1 Å². The maximum absolute atomic E-state index is 12.1. The van der Waals surface area contributed by atoms with Gasteiger partial charge in [0.15, 0.2) is 0 Å². The van der Waals surface area contributed by atoms with Crippen molar-refractivity contribution >= 4 is 32.4 Å². The minimum Gasteiger partial charge on any atom is -0.260 e. The molecule has 0 amide bonds. The van der Waals surface area contributed by atoms with Crippen LogP contribution in [0.25, 0.3) is 0 Å². The monoisotopic (exact) mass is 323 g/mol. The van der Waals surface area contributed by atoms with Gasteiger partial charge in [-0.1, -0.05) is 12.1 Å². The summed E-state index contributed by atoms with van der Waals surface area (Å²) >= 11 is 5.65. The van der Waals surface area contributed by atoms with E-state index in [0.717, 1.165) is 5.56 Å². The Labute approximate surface area is 122 Å². The first-order valence-corrected chi connectivity index (χ1v) is 9.57. The van der Waals surface area contributed by atoms with Crippen LogP contribution >= 0.6 is 11.6 Å². The van der Waals surface area contributed by atoms with Crippen LogP contribution in [0.1, 0.15) is 18.9 Å². The topological polar surface area (TPSA) is 63.2 Å². The van der Waals surface area contributed by atoms with E-state index in [2.05, 4.69) is 4.72 Å². The third-order valence-electron chi connectivity index (χ3n) is 2.58. The molecule has 0 aromatic heterocycles. The molecule has 0 bridgehead atoms. The van der Waals surface area contributed by atoms with E-state index in [-0.39, 0.29) is 10.9 Å². The summed E-state index contributed by atoms with van der Waals surface area (Å²) in [5, 5.41) is 0. The average molecular weight is 324 g/mol. The van der Waals surface area contributed by atoms with Crippen LogP contribution < -0.4 is 4.72 Å². The molecule has 0 radical (unpaired) electrons. The van der Waals surface area contributed by atoms with Gasteiger partial charge in [0, 0.05) is 34.7 Å². The molecular weight excluding hydrogens is 306 g/mol. The van der Waals surface area contributed by atoms with Gasteiger partial charge in [0.25, 0.3) is 0 Å². The molecule has 1 aromatic carbocycles. The Kier molecular flexibility index (Phi) is 6.46. The third kappa shape index (κ3) is 5.60. The highest BCUT2D eigenvalue weighted by molar-refractivity contribution is 7.89. The lowest BCUT2D eigenvalue weighted by atomic mass is 10.2. The first-order valence-electron chi connectivity index (χ1n) is 5.82. The van der Waals surface area contributed by atoms with Gasteiger partial charge in [0.05, 0.1) is 4.90 Å². The van der Waals surface area contributed by atoms with Gasteiger partial charge in [0.1, 0.15) is 0 Å². The standard InChI is InChI=1S/C12H18ClNO3S2/c1-10(7-8-18(2)15)14-19(16,17)12-5-3-11(9-13)4-6-12/h3-6,10,14H,7-9H2,1-2H3. The zero-order chi connectivity index (χ0) is 14.5. The number of alkyl halides is 1. The van der Waals surface area contributed by atoms with Crippen LogP contribution in [0.5, 0.6) is 0 Å². The molecule has 0 saturated heterocycles. The average Bonchev–Trinajstić information content (AvgIpc) is 2.36. The Hall–Kier alpha value is -0.430. The lowest BCUT2D eigenvalue weighted by molar-refractivity contribution is 0.556. The van der Waals surface area contributed by atoms with Crippen molar-refractivity contribution in [1.82, 2.24) is 4.72 Å². The van der Waals surface area contributed by atoms with Gasteiger partial charge in [-0.2, -0.15) is 0 Å². The van der Waals surface area contributed by atoms with Crippen molar-refractivity contribution in [2.24, 2.45) is 0 Å². The number of hydrogen-bond donors (Lipinski definition) is 1. The van der Waals surface area contributed by atoms with Crippen LogP contribution in [0.15, 0.2) is 29.2 Å². The Morgan fingerprint density at radius 2 is 1.89 bits per heavy atom. The number of halogens is 1. The first kappa shape index (κ1) is 16.6. The lowest BCUT2D eigenvalue weighted by Gasteiger charge is -2.13. The number of hydrogen-bond acceptors (Lipinski definition) is 3. The third-order valence-corrected chi connectivity index (χ3v) is 5.31. The van der Waals surface area contributed by atoms with E-state index in [0.29, 0.717) is 18.1 Å². The Morgan fingerprint density at radius 1 is 1.32 bits per heavy atom. The number of rotatable bonds is 7. The van der Waals surface area contributed by atoms with E-state index in [1.54, 1.807) is 25.3 Å². The molecule has 2 atom stereocenters. The maximum atomic E-state index is 12.1. The molecule has 0 aliphatic heterocycles. The molecule has 0 aliphatic rings. The van der Waals surface area contributed by atoms with Crippen LogP contribution in [0.4, 0.5) is 0 Å². The molecular formula is C12H18ClNO3S2. The van der Waals surface area contributed by atoms with Gasteiger partial charge in [-0.3, -0.25) is 4.21 Å². The highest BCUT2D eigenvalue weighted by Crippen LogP contribution is 2.12. The van der Waals surface area contributed by atoms with Gasteiger partial charge in [-0.15, -0.1) is 11.6 Å². The maximum Gasteiger partial charge on any atom is 0.240 e. The summed E-state index contributed by atoms with van der Waals surface area (Å²) in [5.74, 6) is 0.835. The summed E-state index contributed by atoms with van der Waals surface area (Å²) in [6.07, 6.45) is 2.15. The molecule has 1 rings (SSSR count). The molecule has 108 valence electrons. The summed E-state index contributed by atoms with van der Waals surface area (Å²) in [5.41, 5.74) is 0.870. The Bertz CT molecular complexity index is 528. The second-order valence-corrected chi connectivity index (χ2v) is 7.90. The lowest BCUT2D eigenvalue weighted by Crippen LogP contribution is -2.33. The molecule has 0 aliphatic carbocycles. The predicted molar refractivity (Wildman–Crippen MR) is 79.3 cm³/mol. The molecule has 0 saturated carbocycles. The number of nitrogens with one attached hydrogen (secondary N) is 1. The molecule has 2 unspecified atom stereocenters. The summed E-state index contributed by atoms with van der Waals surface area (Å²) < 4.78 is 37.7. The minimum atomic E-state index is -3.52. The van der Waals surface area contributed by atoms with Crippen molar-refractivity contribution < 1.29 is 12.6 Å². The van der Waals surface area contributed by atoms with Gasteiger partial charge >= 0.3 is 0 Å². The van der Waals surface area contributed by atoms with Crippen molar-refractivity contribution in [2.75, 3.05) is 12.0 Å². The number of benzene rings is 1. The van der Waals surface area contributed by atoms with Crippen LogP contribution in [0, 0.1) is 0 Å². The van der Waals surface area contributed by atoms with E-state index >= 15 is 0 Å². The summed E-state index contributed by atoms with van der Waals surface area (Å²) in [6, 6.07) is 6.19. The van der Waals surface area contributed by atoms with Crippen LogP contribution in [-0.2, 0) is 26.7 Å². The van der Waals surface area contributed by atoms with Gasteiger partial charge in [-0.25, -0.2) is 13.1 Å². The zero-order valence-corrected chi connectivity index (χ0v) is 13.3. The normalized spacial score (nSPS) is 15.1. The molecule has 0 spiro atoms. The molecule has 4 nitrogen and oxygen atoms in total. The zero-order valence-electron chi connectivity index (χ0n) is 10.9. The molecule has 7 heteroatoms. The fourth-order valence-electron chi connectivity index (χ4n) is 1.49. The van der Waals surface area contributed by atoms with Crippen molar-refractivity contribution in [2.45, 2.75) is 30.2 Å². The fraction of sp³-hybridized carbons (Fsp3) is 0.500. The SMILES string of the molecule is CC(CCS(C)=O)NS(=O)(=O)c1ccc(CCl)cc1. The molecule has 0 fully saturated rings. The molecule has 1 N–H and O–H groups in total. The Morgan fingerprint density at radius 3 is 2.37 bits per heavy atom. The minimum absolute atomic E-state index is 0.214. The van der Waals surface area contributed by atoms with Crippen LogP contribution in [-0.4, -0.2) is 30.7 Å². The number of sulfonamides is 1. The smallest absolute Gasteiger partial charge is 0.240 e. The van der Waals surface area contributed by atoms with Crippen LogP contribution in [0.3, 0.4) is 0 Å². The van der Waals surface area contributed by atoms with Gasteiger partial charge < -0.3 is 0 Å². The highest BCUT2D eigenvalue weighted by atomic mass is 35.5. The van der Waals surface area contributed by atoms with E-state index in [9.17, 15) is 12.6 Å². The van der Waals surface area contributed by atoms with E-state index in [4.69, 9.17) is 11.6 Å². The quantitative estimate of drug-likeness (QED) is 0.779. The second kappa shape index (κ2) is 7.38. The van der Waals surface area contributed by atoms with Crippen molar-refractivity contribution in [3.05, 3.63) is 29.8 Å². The Balaban J connectivity index is 2.71. The summed E-state index contributed by atoms with van der Waals surface area (Å²) in [7, 11) is -4.44. The summed E-state index contributed by atoms with van der Waals surface area (Å²) in [6.45, 7) is 1.76. The molecule has 1 aromatic rings. The van der Waals surface area contributed by atoms with Gasteiger partial charge in [-0.05, 0) is 31.0 Å². The highest BCUT2D eigenvalue weighted by Gasteiger charge is 2.17. The van der Waals surface area contributed by atoms with Crippen LogP contribution in [0.2, 0.25) is 0 Å². The first-order chi connectivity index (χ1) is 8.85. The second-order valence-electron chi connectivity index (χ2n) is 4.37. The largest absolute Gasteiger partial charge is 0.260 e. The summed E-state index contributed by atoms with van der Waals surface area (Å²) in [4.78, 5) is 0.214. The van der Waals surface area contributed by atoms with Crippen molar-refractivity contribution in [3.8, 4) is 0 Å². The van der Waals surface area contributed by atoms with E-state index < -0.39 is 20.8 Å². The van der Waals surface area contributed by atoms with Gasteiger partial charge in [0.2, 0.25) is 10.0 Å². The molecule has 0 heterocycles. The molecule has 19 heavy (non-hydrogen) atoms. The van der Waals surface area contributed by atoms with E-state index in [1.807, 2.05) is 0 Å².